The normalized spacial score (nSPS) is 13.4. The van der Waals surface area contributed by atoms with Gasteiger partial charge in [0.1, 0.15) is 6.61 Å². The molecule has 0 saturated carbocycles. The zero-order chi connectivity index (χ0) is 12.8. The smallest absolute Gasteiger partial charge is 0.166 e. The Morgan fingerprint density at radius 3 is 3.06 bits per heavy atom. The molecular formula is C15H21NO2. The number of fused-ring (bicyclic) bond motifs is 1. The average molecular weight is 247 g/mol. The Labute approximate surface area is 109 Å². The van der Waals surface area contributed by atoms with E-state index in [4.69, 9.17) is 4.74 Å². The van der Waals surface area contributed by atoms with Crippen molar-refractivity contribution in [2.45, 2.75) is 39.0 Å². The van der Waals surface area contributed by atoms with Crippen LogP contribution in [0.2, 0.25) is 0 Å². The fraction of sp³-hybridized carbons (Fsp3) is 0.533. The van der Waals surface area contributed by atoms with E-state index in [1.165, 1.54) is 12.8 Å². The van der Waals surface area contributed by atoms with Gasteiger partial charge in [-0.2, -0.15) is 0 Å². The number of carbonyl (C=O) groups is 1. The van der Waals surface area contributed by atoms with Gasteiger partial charge in [-0.05, 0) is 18.6 Å². The van der Waals surface area contributed by atoms with Crippen LogP contribution in [-0.2, 0) is 0 Å². The van der Waals surface area contributed by atoms with Crippen LogP contribution in [0.25, 0.3) is 0 Å². The van der Waals surface area contributed by atoms with Crippen LogP contribution in [0.3, 0.4) is 0 Å². The van der Waals surface area contributed by atoms with E-state index in [-0.39, 0.29) is 5.78 Å². The molecule has 1 aromatic rings. The van der Waals surface area contributed by atoms with Crippen LogP contribution in [0.1, 0.15) is 49.4 Å². The standard InChI is InChI=1S/C15H21NO2/c1-2-3-4-5-9-14(17)12-7-6-8-13-15(12)18-11-10-16-13/h6-8,16H,2-5,9-11H2,1H3. The van der Waals surface area contributed by atoms with Gasteiger partial charge in [-0.1, -0.05) is 32.3 Å². The van der Waals surface area contributed by atoms with Crippen LogP contribution in [0.5, 0.6) is 5.75 Å². The third-order valence-corrected chi connectivity index (χ3v) is 3.24. The topological polar surface area (TPSA) is 38.3 Å². The molecule has 0 saturated heterocycles. The molecular weight excluding hydrogens is 226 g/mol. The minimum absolute atomic E-state index is 0.201. The van der Waals surface area contributed by atoms with Crippen LogP contribution in [0, 0.1) is 0 Å². The number of unbranched alkanes of at least 4 members (excludes halogenated alkanes) is 3. The minimum Gasteiger partial charge on any atom is -0.489 e. The van der Waals surface area contributed by atoms with Gasteiger partial charge in [0.25, 0.3) is 0 Å². The van der Waals surface area contributed by atoms with E-state index in [1.54, 1.807) is 0 Å². The summed E-state index contributed by atoms with van der Waals surface area (Å²) < 4.78 is 5.62. The van der Waals surface area contributed by atoms with Crippen LogP contribution in [0.4, 0.5) is 5.69 Å². The van der Waals surface area contributed by atoms with Crippen molar-refractivity contribution >= 4 is 11.5 Å². The molecule has 0 spiro atoms. The molecule has 0 fully saturated rings. The van der Waals surface area contributed by atoms with Crippen LogP contribution >= 0.6 is 0 Å². The van der Waals surface area contributed by atoms with E-state index >= 15 is 0 Å². The second-order valence-corrected chi connectivity index (χ2v) is 4.69. The molecule has 98 valence electrons. The van der Waals surface area contributed by atoms with E-state index in [2.05, 4.69) is 12.2 Å². The van der Waals surface area contributed by atoms with Crippen LogP contribution in [0.15, 0.2) is 18.2 Å². The Bertz CT molecular complexity index is 415. The van der Waals surface area contributed by atoms with Crippen molar-refractivity contribution < 1.29 is 9.53 Å². The Morgan fingerprint density at radius 2 is 2.22 bits per heavy atom. The molecule has 18 heavy (non-hydrogen) atoms. The number of hydrogen-bond acceptors (Lipinski definition) is 3. The van der Waals surface area contributed by atoms with Crippen molar-refractivity contribution in [1.82, 2.24) is 0 Å². The van der Waals surface area contributed by atoms with Crippen molar-refractivity contribution in [3.8, 4) is 5.75 Å². The quantitative estimate of drug-likeness (QED) is 0.616. The second-order valence-electron chi connectivity index (χ2n) is 4.69. The van der Waals surface area contributed by atoms with E-state index in [0.29, 0.717) is 13.0 Å². The molecule has 2 rings (SSSR count). The minimum atomic E-state index is 0.201. The van der Waals surface area contributed by atoms with E-state index in [9.17, 15) is 4.79 Å². The van der Waals surface area contributed by atoms with Crippen molar-refractivity contribution in [1.29, 1.82) is 0 Å². The second kappa shape index (κ2) is 6.43. The molecule has 0 amide bonds. The van der Waals surface area contributed by atoms with E-state index in [0.717, 1.165) is 36.4 Å². The maximum atomic E-state index is 12.2. The van der Waals surface area contributed by atoms with Gasteiger partial charge in [-0.3, -0.25) is 4.79 Å². The number of anilines is 1. The fourth-order valence-electron chi connectivity index (χ4n) is 2.24. The van der Waals surface area contributed by atoms with Gasteiger partial charge in [0.15, 0.2) is 11.5 Å². The van der Waals surface area contributed by atoms with Crippen LogP contribution < -0.4 is 10.1 Å². The van der Waals surface area contributed by atoms with E-state index < -0.39 is 0 Å². The molecule has 1 aromatic carbocycles. The molecule has 0 radical (unpaired) electrons. The zero-order valence-electron chi connectivity index (χ0n) is 11.0. The summed E-state index contributed by atoms with van der Waals surface area (Å²) in [6.07, 6.45) is 5.14. The summed E-state index contributed by atoms with van der Waals surface area (Å²) in [5, 5.41) is 3.26. The molecule has 3 nitrogen and oxygen atoms in total. The Hall–Kier alpha value is -1.51. The number of Topliss-reactive ketones (excluding diaryl/α,β-unsaturated/α-hetero) is 1. The predicted molar refractivity (Wildman–Crippen MR) is 73.5 cm³/mol. The molecule has 0 aliphatic carbocycles. The van der Waals surface area contributed by atoms with Gasteiger partial charge in [0.05, 0.1) is 11.3 Å². The van der Waals surface area contributed by atoms with Gasteiger partial charge in [-0.15, -0.1) is 0 Å². The number of ketones is 1. The predicted octanol–water partition coefficient (Wildman–Crippen LogP) is 3.64. The lowest BCUT2D eigenvalue weighted by Crippen LogP contribution is -2.20. The SMILES string of the molecule is CCCCCCC(=O)c1cccc2c1OCCN2. The third kappa shape index (κ3) is 3.03. The Balaban J connectivity index is 2.01. The fourth-order valence-corrected chi connectivity index (χ4v) is 2.24. The number of benzene rings is 1. The van der Waals surface area contributed by atoms with Crippen molar-refractivity contribution in [2.24, 2.45) is 0 Å². The maximum absolute atomic E-state index is 12.2. The lowest BCUT2D eigenvalue weighted by atomic mass is 10.0. The molecule has 1 heterocycles. The zero-order valence-corrected chi connectivity index (χ0v) is 11.0. The first-order valence-electron chi connectivity index (χ1n) is 6.86. The first-order valence-corrected chi connectivity index (χ1v) is 6.86. The summed E-state index contributed by atoms with van der Waals surface area (Å²) in [7, 11) is 0. The number of rotatable bonds is 6. The molecule has 0 aromatic heterocycles. The number of para-hydroxylation sites is 1. The summed E-state index contributed by atoms with van der Waals surface area (Å²) in [6, 6.07) is 5.75. The molecule has 1 N–H and O–H groups in total. The van der Waals surface area contributed by atoms with Gasteiger partial charge in [0.2, 0.25) is 0 Å². The highest BCUT2D eigenvalue weighted by Gasteiger charge is 2.18. The largest absolute Gasteiger partial charge is 0.489 e. The van der Waals surface area contributed by atoms with Gasteiger partial charge >= 0.3 is 0 Å². The maximum Gasteiger partial charge on any atom is 0.166 e. The first-order chi connectivity index (χ1) is 8.83. The molecule has 0 bridgehead atoms. The highest BCUT2D eigenvalue weighted by molar-refractivity contribution is 6.00. The third-order valence-electron chi connectivity index (χ3n) is 3.24. The highest BCUT2D eigenvalue weighted by atomic mass is 16.5. The van der Waals surface area contributed by atoms with Gasteiger partial charge in [-0.25, -0.2) is 0 Å². The number of ether oxygens (including phenoxy) is 1. The van der Waals surface area contributed by atoms with E-state index in [1.807, 2.05) is 18.2 Å². The summed E-state index contributed by atoms with van der Waals surface area (Å²) in [4.78, 5) is 12.2. The highest BCUT2D eigenvalue weighted by Crippen LogP contribution is 2.32. The molecule has 1 aliphatic rings. The number of hydrogen-bond donors (Lipinski definition) is 1. The Kier molecular flexibility index (Phi) is 4.62. The molecule has 3 heteroatoms. The molecule has 1 aliphatic heterocycles. The monoisotopic (exact) mass is 247 g/mol. The van der Waals surface area contributed by atoms with Crippen molar-refractivity contribution in [3.05, 3.63) is 23.8 Å². The van der Waals surface area contributed by atoms with Crippen molar-refractivity contribution in [2.75, 3.05) is 18.5 Å². The van der Waals surface area contributed by atoms with Gasteiger partial charge < -0.3 is 10.1 Å². The molecule has 0 unspecified atom stereocenters. The first kappa shape index (κ1) is 12.9. The van der Waals surface area contributed by atoms with Gasteiger partial charge in [0, 0.05) is 13.0 Å². The summed E-state index contributed by atoms with van der Waals surface area (Å²) >= 11 is 0. The lowest BCUT2D eigenvalue weighted by molar-refractivity contribution is 0.0975. The van der Waals surface area contributed by atoms with Crippen molar-refractivity contribution in [3.63, 3.8) is 0 Å². The lowest BCUT2D eigenvalue weighted by Gasteiger charge is -2.21. The average Bonchev–Trinajstić information content (AvgIpc) is 2.43. The van der Waals surface area contributed by atoms with Crippen LogP contribution in [-0.4, -0.2) is 18.9 Å². The summed E-state index contributed by atoms with van der Waals surface area (Å²) in [6.45, 7) is 3.61. The summed E-state index contributed by atoms with van der Waals surface area (Å²) in [5.74, 6) is 0.941. The number of carbonyl (C=O) groups excluding carboxylic acids is 1. The Morgan fingerprint density at radius 1 is 1.33 bits per heavy atom. The number of nitrogens with one attached hydrogen (secondary N) is 1. The molecule has 0 atom stereocenters. The summed E-state index contributed by atoms with van der Waals surface area (Å²) in [5.41, 5.74) is 1.68.